The molecule has 0 aliphatic heterocycles. The molecule has 5 atom stereocenters. The predicted molar refractivity (Wildman–Crippen MR) is 121 cm³/mol. The summed E-state index contributed by atoms with van der Waals surface area (Å²) < 4.78 is 0. The molecule has 1 aromatic rings. The van der Waals surface area contributed by atoms with Crippen LogP contribution in [0.1, 0.15) is 51.0 Å². The Hall–Kier alpha value is -1.99. The van der Waals surface area contributed by atoms with Gasteiger partial charge >= 0.3 is 5.97 Å². The Balaban J connectivity index is 1.75. The fraction of sp³-hybridized carbons (Fsp3) is 0.560. The van der Waals surface area contributed by atoms with Gasteiger partial charge in [-0.05, 0) is 50.5 Å². The molecule has 1 fully saturated rings. The molecule has 0 unspecified atom stereocenters. The molecule has 0 radical (unpaired) electrons. The number of aliphatic hydroxyl groups is 3. The highest BCUT2D eigenvalue weighted by molar-refractivity contribution is 5.68. The van der Waals surface area contributed by atoms with Crippen LogP contribution in [0.4, 0.5) is 0 Å². The molecule has 4 N–H and O–H groups in total. The van der Waals surface area contributed by atoms with Crippen LogP contribution in [-0.2, 0) is 16.1 Å². The first-order chi connectivity index (χ1) is 15.0. The second-order valence-electron chi connectivity index (χ2n) is 8.16. The van der Waals surface area contributed by atoms with Gasteiger partial charge in [-0.1, -0.05) is 54.6 Å². The molecule has 1 saturated carbocycles. The summed E-state index contributed by atoms with van der Waals surface area (Å²) in [5, 5.41) is 31.0. The van der Waals surface area contributed by atoms with Crippen molar-refractivity contribution in [3.8, 4) is 0 Å². The van der Waals surface area contributed by atoms with E-state index in [1.165, 1.54) is 5.56 Å². The van der Waals surface area contributed by atoms with Crippen molar-refractivity contribution in [2.24, 2.45) is 11.8 Å². The number of aryl methyl sites for hydroxylation is 1. The third-order valence-corrected chi connectivity index (χ3v) is 5.70. The summed E-state index contributed by atoms with van der Waals surface area (Å²) in [7, 11) is 0. The van der Waals surface area contributed by atoms with Gasteiger partial charge in [-0.3, -0.25) is 4.79 Å². The van der Waals surface area contributed by atoms with E-state index in [4.69, 9.17) is 4.84 Å². The third kappa shape index (κ3) is 9.35. The number of aliphatic hydroxyl groups excluding tert-OH is 3. The fourth-order valence-corrected chi connectivity index (χ4v) is 3.96. The summed E-state index contributed by atoms with van der Waals surface area (Å²) in [6, 6.07) is 10.0. The highest BCUT2D eigenvalue weighted by Gasteiger charge is 2.39. The van der Waals surface area contributed by atoms with Gasteiger partial charge in [-0.2, -0.15) is 5.48 Å². The first-order valence-corrected chi connectivity index (χ1v) is 11.3. The van der Waals surface area contributed by atoms with Gasteiger partial charge in [0.2, 0.25) is 0 Å². The lowest BCUT2D eigenvalue weighted by molar-refractivity contribution is -0.151. The zero-order valence-electron chi connectivity index (χ0n) is 18.4. The molecule has 31 heavy (non-hydrogen) atoms. The van der Waals surface area contributed by atoms with Crippen LogP contribution in [0.2, 0.25) is 0 Å². The topological polar surface area (TPSA) is 99.0 Å². The summed E-state index contributed by atoms with van der Waals surface area (Å²) in [5.74, 6) is -0.524. The van der Waals surface area contributed by atoms with E-state index in [2.05, 4.69) is 5.48 Å². The van der Waals surface area contributed by atoms with Crippen LogP contribution in [0.3, 0.4) is 0 Å². The highest BCUT2D eigenvalue weighted by atomic mass is 16.7. The van der Waals surface area contributed by atoms with Crippen LogP contribution >= 0.6 is 0 Å². The number of hydrogen-bond acceptors (Lipinski definition) is 6. The van der Waals surface area contributed by atoms with Crippen molar-refractivity contribution in [2.75, 3.05) is 6.54 Å². The molecule has 2 rings (SSSR count). The molecular formula is C25H37NO5. The number of carbonyl (C=O) groups excluding carboxylic acids is 1. The molecule has 1 aromatic carbocycles. The minimum atomic E-state index is -0.605. The lowest BCUT2D eigenvalue weighted by Crippen LogP contribution is -2.20. The molecule has 0 bridgehead atoms. The van der Waals surface area contributed by atoms with Crippen molar-refractivity contribution in [3.63, 3.8) is 0 Å². The third-order valence-electron chi connectivity index (χ3n) is 5.70. The molecule has 0 spiro atoms. The normalized spacial score (nSPS) is 24.8. The van der Waals surface area contributed by atoms with E-state index in [-0.39, 0.29) is 17.8 Å². The van der Waals surface area contributed by atoms with Crippen molar-refractivity contribution in [3.05, 3.63) is 60.2 Å². The van der Waals surface area contributed by atoms with E-state index in [1.54, 1.807) is 6.08 Å². The van der Waals surface area contributed by atoms with Gasteiger partial charge in [-0.25, -0.2) is 0 Å². The van der Waals surface area contributed by atoms with E-state index in [1.807, 2.05) is 55.5 Å². The van der Waals surface area contributed by atoms with Crippen LogP contribution in [-0.4, -0.2) is 46.1 Å². The van der Waals surface area contributed by atoms with Gasteiger partial charge < -0.3 is 20.2 Å². The number of allylic oxidation sites excluding steroid dienone is 2. The van der Waals surface area contributed by atoms with Gasteiger partial charge in [0.25, 0.3) is 0 Å². The Morgan fingerprint density at radius 2 is 2.00 bits per heavy atom. The number of unbranched alkanes of at least 4 members (excludes halogenated alkanes) is 1. The molecular weight excluding hydrogens is 394 g/mol. The number of rotatable bonds is 13. The number of nitrogens with one attached hydrogen (secondary N) is 1. The van der Waals surface area contributed by atoms with Crippen molar-refractivity contribution >= 4 is 5.97 Å². The average Bonchev–Trinajstić information content (AvgIpc) is 3.04. The minimum absolute atomic E-state index is 0.0810. The van der Waals surface area contributed by atoms with E-state index >= 15 is 0 Å². The Morgan fingerprint density at radius 1 is 1.23 bits per heavy atom. The van der Waals surface area contributed by atoms with Crippen molar-refractivity contribution in [1.82, 2.24) is 5.48 Å². The maximum atomic E-state index is 11.4. The summed E-state index contributed by atoms with van der Waals surface area (Å²) in [4.78, 5) is 16.2. The highest BCUT2D eigenvalue weighted by Crippen LogP contribution is 2.36. The Morgan fingerprint density at radius 3 is 2.74 bits per heavy atom. The maximum Gasteiger partial charge on any atom is 0.324 e. The molecule has 0 saturated heterocycles. The second kappa shape index (κ2) is 14.1. The first kappa shape index (κ1) is 25.3. The molecule has 1 aliphatic rings. The summed E-state index contributed by atoms with van der Waals surface area (Å²) >= 11 is 0. The van der Waals surface area contributed by atoms with Crippen LogP contribution < -0.4 is 5.48 Å². The van der Waals surface area contributed by atoms with Crippen molar-refractivity contribution in [1.29, 1.82) is 0 Å². The van der Waals surface area contributed by atoms with Gasteiger partial charge in [0.05, 0.1) is 18.3 Å². The molecule has 0 heterocycles. The number of hydrogen-bond donors (Lipinski definition) is 4. The SMILES string of the molecule is CCNOC(=O)CCC/C=C\C[C@@H]1[C@@H](/C=C/[C@@H](O)CCc2ccccc2)[C@H](O)C[C@@H]1O. The Labute approximate surface area is 185 Å². The van der Waals surface area contributed by atoms with E-state index < -0.39 is 18.3 Å². The average molecular weight is 432 g/mol. The lowest BCUT2D eigenvalue weighted by Gasteiger charge is -2.19. The standard InChI is InChI=1S/C25H37NO5/c1-2-26-31-25(30)13-9-4-3-8-12-21-22(24(29)18-23(21)28)17-16-20(27)15-14-19-10-6-5-7-11-19/h3,5-8,10-11,16-17,20-24,26-29H,2,4,9,12-15,18H2,1H3/b8-3-,17-16+/t20-,21+,22+,23-,24+/m0/s1. The zero-order valence-corrected chi connectivity index (χ0v) is 18.4. The van der Waals surface area contributed by atoms with Gasteiger partial charge in [0.1, 0.15) is 0 Å². The summed E-state index contributed by atoms with van der Waals surface area (Å²) in [5.41, 5.74) is 3.73. The van der Waals surface area contributed by atoms with Crippen LogP contribution in [0.25, 0.3) is 0 Å². The van der Waals surface area contributed by atoms with E-state index in [0.29, 0.717) is 38.6 Å². The maximum absolute atomic E-state index is 11.4. The Bertz CT molecular complexity index is 690. The van der Waals surface area contributed by atoms with Crippen LogP contribution in [0.5, 0.6) is 0 Å². The monoisotopic (exact) mass is 431 g/mol. The lowest BCUT2D eigenvalue weighted by atomic mass is 9.89. The molecule has 172 valence electrons. The quantitative estimate of drug-likeness (QED) is 0.218. The summed E-state index contributed by atoms with van der Waals surface area (Å²) in [6.45, 7) is 2.44. The molecule has 0 amide bonds. The van der Waals surface area contributed by atoms with Gasteiger partial charge in [0.15, 0.2) is 0 Å². The molecule has 6 heteroatoms. The molecule has 0 aromatic heterocycles. The van der Waals surface area contributed by atoms with E-state index in [0.717, 1.165) is 12.8 Å². The van der Waals surface area contributed by atoms with Gasteiger partial charge in [0, 0.05) is 25.3 Å². The first-order valence-electron chi connectivity index (χ1n) is 11.3. The van der Waals surface area contributed by atoms with Crippen molar-refractivity contribution in [2.45, 2.75) is 70.2 Å². The van der Waals surface area contributed by atoms with E-state index in [9.17, 15) is 20.1 Å². The van der Waals surface area contributed by atoms with Crippen molar-refractivity contribution < 1.29 is 25.0 Å². The number of carbonyl (C=O) groups is 1. The fourth-order valence-electron chi connectivity index (χ4n) is 3.96. The number of benzene rings is 1. The van der Waals surface area contributed by atoms with Gasteiger partial charge in [-0.15, -0.1) is 0 Å². The minimum Gasteiger partial charge on any atom is -0.393 e. The van der Waals surface area contributed by atoms with Crippen LogP contribution in [0.15, 0.2) is 54.6 Å². The van der Waals surface area contributed by atoms with Crippen LogP contribution in [0, 0.1) is 11.8 Å². The molecule has 1 aliphatic carbocycles. The molecule has 6 nitrogen and oxygen atoms in total. The zero-order chi connectivity index (χ0) is 22.5. The number of hydroxylamine groups is 1. The Kier molecular flexibility index (Phi) is 11.5. The predicted octanol–water partition coefficient (Wildman–Crippen LogP) is 3.08. The smallest absolute Gasteiger partial charge is 0.324 e. The second-order valence-corrected chi connectivity index (χ2v) is 8.16. The largest absolute Gasteiger partial charge is 0.393 e. The summed E-state index contributed by atoms with van der Waals surface area (Å²) in [6.07, 6.45) is 10.1.